The maximum absolute atomic E-state index is 11.8. The van der Waals surface area contributed by atoms with Gasteiger partial charge in [0, 0.05) is 13.1 Å². The average molecular weight is 260 g/mol. The fraction of sp³-hybridized carbons (Fsp3) is 0.700. The summed E-state index contributed by atoms with van der Waals surface area (Å²) in [5.74, 6) is 0.955. The fourth-order valence-corrected chi connectivity index (χ4v) is 3.03. The van der Waals surface area contributed by atoms with Gasteiger partial charge in [0.05, 0.1) is 12.0 Å². The SMILES string of the molecule is C#CC(C)NS(=O)(=O)N1CCC(C(=O)O)CC1. The first-order valence-electron chi connectivity index (χ1n) is 5.33. The van der Waals surface area contributed by atoms with Crippen molar-refractivity contribution in [1.82, 2.24) is 9.03 Å². The van der Waals surface area contributed by atoms with Gasteiger partial charge in [0.15, 0.2) is 0 Å². The summed E-state index contributed by atoms with van der Waals surface area (Å²) in [6.45, 7) is 1.99. The second-order valence-electron chi connectivity index (χ2n) is 4.02. The number of terminal acetylenes is 1. The standard InChI is InChI=1S/C10H16N2O4S/c1-3-8(2)11-17(15,16)12-6-4-9(5-7-12)10(13)14/h1,8-9,11H,4-7H2,2H3,(H,13,14). The van der Waals surface area contributed by atoms with Crippen LogP contribution >= 0.6 is 0 Å². The molecule has 1 heterocycles. The Kier molecular flexibility index (Phi) is 4.51. The summed E-state index contributed by atoms with van der Waals surface area (Å²) < 4.78 is 27.2. The van der Waals surface area contributed by atoms with E-state index in [2.05, 4.69) is 10.6 Å². The number of hydrogen-bond acceptors (Lipinski definition) is 3. The van der Waals surface area contributed by atoms with Gasteiger partial charge in [0.25, 0.3) is 10.2 Å². The molecule has 1 aliphatic heterocycles. The first-order valence-corrected chi connectivity index (χ1v) is 6.77. The average Bonchev–Trinajstić information content (AvgIpc) is 2.28. The molecule has 6 nitrogen and oxygen atoms in total. The van der Waals surface area contributed by atoms with Crippen molar-refractivity contribution in [2.24, 2.45) is 5.92 Å². The molecule has 0 amide bonds. The molecule has 0 aliphatic carbocycles. The van der Waals surface area contributed by atoms with E-state index in [9.17, 15) is 13.2 Å². The van der Waals surface area contributed by atoms with Crippen molar-refractivity contribution >= 4 is 16.2 Å². The van der Waals surface area contributed by atoms with Gasteiger partial charge in [-0.2, -0.15) is 17.4 Å². The number of piperidine rings is 1. The monoisotopic (exact) mass is 260 g/mol. The summed E-state index contributed by atoms with van der Waals surface area (Å²) >= 11 is 0. The minimum Gasteiger partial charge on any atom is -0.481 e. The van der Waals surface area contributed by atoms with E-state index in [0.717, 1.165) is 0 Å². The molecule has 7 heteroatoms. The van der Waals surface area contributed by atoms with Gasteiger partial charge in [0.1, 0.15) is 0 Å². The lowest BCUT2D eigenvalue weighted by atomic mass is 9.99. The summed E-state index contributed by atoms with van der Waals surface area (Å²) in [7, 11) is -3.60. The van der Waals surface area contributed by atoms with Crippen LogP contribution in [-0.4, -0.2) is 42.9 Å². The van der Waals surface area contributed by atoms with Crippen LogP contribution in [0.4, 0.5) is 0 Å². The normalized spacial score (nSPS) is 20.7. The Hall–Kier alpha value is -1.10. The van der Waals surface area contributed by atoms with E-state index in [0.29, 0.717) is 12.8 Å². The maximum atomic E-state index is 11.8. The van der Waals surface area contributed by atoms with Crippen LogP contribution in [-0.2, 0) is 15.0 Å². The first-order chi connectivity index (χ1) is 7.86. The van der Waals surface area contributed by atoms with Gasteiger partial charge in [-0.05, 0) is 19.8 Å². The number of hydrogen-bond donors (Lipinski definition) is 2. The third-order valence-electron chi connectivity index (χ3n) is 2.72. The third kappa shape index (κ3) is 3.70. The molecular formula is C10H16N2O4S. The number of aliphatic carboxylic acids is 1. The highest BCUT2D eigenvalue weighted by molar-refractivity contribution is 7.87. The molecule has 0 radical (unpaired) electrons. The predicted molar refractivity (Wildman–Crippen MR) is 62.3 cm³/mol. The Balaban J connectivity index is 2.59. The van der Waals surface area contributed by atoms with Crippen LogP contribution < -0.4 is 4.72 Å². The van der Waals surface area contributed by atoms with Crippen molar-refractivity contribution in [2.75, 3.05) is 13.1 Å². The number of nitrogens with zero attached hydrogens (tertiary/aromatic N) is 1. The zero-order valence-corrected chi connectivity index (χ0v) is 10.4. The number of rotatable bonds is 4. The Morgan fingerprint density at radius 3 is 2.47 bits per heavy atom. The smallest absolute Gasteiger partial charge is 0.306 e. The van der Waals surface area contributed by atoms with Crippen molar-refractivity contribution in [3.8, 4) is 12.3 Å². The molecule has 96 valence electrons. The van der Waals surface area contributed by atoms with Crippen LogP contribution in [0.2, 0.25) is 0 Å². The van der Waals surface area contributed by atoms with Gasteiger partial charge in [-0.3, -0.25) is 4.79 Å². The molecular weight excluding hydrogens is 244 g/mol. The number of nitrogens with one attached hydrogen (secondary N) is 1. The molecule has 0 aromatic carbocycles. The van der Waals surface area contributed by atoms with E-state index in [1.807, 2.05) is 0 Å². The zero-order valence-electron chi connectivity index (χ0n) is 9.59. The molecule has 2 N–H and O–H groups in total. The summed E-state index contributed by atoms with van der Waals surface area (Å²) in [6, 6.07) is -0.572. The fourth-order valence-electron chi connectivity index (χ4n) is 1.68. The van der Waals surface area contributed by atoms with Crippen molar-refractivity contribution < 1.29 is 18.3 Å². The highest BCUT2D eigenvalue weighted by atomic mass is 32.2. The Morgan fingerprint density at radius 1 is 1.53 bits per heavy atom. The molecule has 1 saturated heterocycles. The van der Waals surface area contributed by atoms with Crippen LogP contribution in [0, 0.1) is 18.3 Å². The van der Waals surface area contributed by atoms with Crippen LogP contribution in [0.3, 0.4) is 0 Å². The molecule has 0 spiro atoms. The van der Waals surface area contributed by atoms with Crippen LogP contribution in [0.15, 0.2) is 0 Å². The topological polar surface area (TPSA) is 86.7 Å². The molecule has 17 heavy (non-hydrogen) atoms. The van der Waals surface area contributed by atoms with Crippen LogP contribution in [0.25, 0.3) is 0 Å². The molecule has 1 unspecified atom stereocenters. The van der Waals surface area contributed by atoms with E-state index < -0.39 is 28.1 Å². The highest BCUT2D eigenvalue weighted by Crippen LogP contribution is 2.19. The molecule has 1 fully saturated rings. The van der Waals surface area contributed by atoms with Crippen LogP contribution in [0.5, 0.6) is 0 Å². The molecule has 0 aromatic heterocycles. The molecule has 1 aliphatic rings. The maximum Gasteiger partial charge on any atom is 0.306 e. The predicted octanol–water partition coefficient (Wildman–Crippen LogP) is -0.361. The lowest BCUT2D eigenvalue weighted by Crippen LogP contribution is -2.48. The zero-order chi connectivity index (χ0) is 13.1. The lowest BCUT2D eigenvalue weighted by Gasteiger charge is -2.29. The van der Waals surface area contributed by atoms with Gasteiger partial charge in [-0.25, -0.2) is 0 Å². The van der Waals surface area contributed by atoms with Crippen molar-refractivity contribution in [2.45, 2.75) is 25.8 Å². The van der Waals surface area contributed by atoms with Gasteiger partial charge >= 0.3 is 5.97 Å². The van der Waals surface area contributed by atoms with Gasteiger partial charge in [0.2, 0.25) is 0 Å². The summed E-state index contributed by atoms with van der Waals surface area (Å²) in [6.07, 6.45) is 5.77. The summed E-state index contributed by atoms with van der Waals surface area (Å²) in [4.78, 5) is 10.7. The van der Waals surface area contributed by atoms with Crippen molar-refractivity contribution in [1.29, 1.82) is 0 Å². The number of carboxylic acid groups (broad SMARTS) is 1. The van der Waals surface area contributed by atoms with E-state index in [1.54, 1.807) is 6.92 Å². The minimum absolute atomic E-state index is 0.212. The van der Waals surface area contributed by atoms with E-state index >= 15 is 0 Å². The van der Waals surface area contributed by atoms with Gasteiger partial charge in [-0.1, -0.05) is 5.92 Å². The van der Waals surface area contributed by atoms with E-state index in [1.165, 1.54) is 4.31 Å². The molecule has 0 saturated carbocycles. The Bertz CT molecular complexity index is 418. The minimum atomic E-state index is -3.60. The number of carbonyl (C=O) groups is 1. The highest BCUT2D eigenvalue weighted by Gasteiger charge is 2.31. The second-order valence-corrected chi connectivity index (χ2v) is 5.73. The van der Waals surface area contributed by atoms with E-state index in [4.69, 9.17) is 11.5 Å². The molecule has 1 atom stereocenters. The molecule has 1 rings (SSSR count). The summed E-state index contributed by atoms with van der Waals surface area (Å²) in [5, 5.41) is 8.80. The van der Waals surface area contributed by atoms with Gasteiger partial charge < -0.3 is 5.11 Å². The van der Waals surface area contributed by atoms with Crippen molar-refractivity contribution in [3.05, 3.63) is 0 Å². The first kappa shape index (κ1) is 14.0. The largest absolute Gasteiger partial charge is 0.481 e. The third-order valence-corrected chi connectivity index (χ3v) is 4.42. The lowest BCUT2D eigenvalue weighted by molar-refractivity contribution is -0.142. The molecule has 0 bridgehead atoms. The summed E-state index contributed by atoms with van der Waals surface area (Å²) in [5.41, 5.74) is 0. The number of carboxylic acids is 1. The Morgan fingerprint density at radius 2 is 2.06 bits per heavy atom. The Labute approximate surface area is 101 Å². The second kappa shape index (κ2) is 5.49. The van der Waals surface area contributed by atoms with Crippen LogP contribution in [0.1, 0.15) is 19.8 Å². The quantitative estimate of drug-likeness (QED) is 0.676. The van der Waals surface area contributed by atoms with E-state index in [-0.39, 0.29) is 13.1 Å². The molecule has 0 aromatic rings. The van der Waals surface area contributed by atoms with Gasteiger partial charge in [-0.15, -0.1) is 6.42 Å². The van der Waals surface area contributed by atoms with Crippen molar-refractivity contribution in [3.63, 3.8) is 0 Å².